The van der Waals surface area contributed by atoms with Gasteiger partial charge in [0.2, 0.25) is 0 Å². The molecule has 0 saturated carbocycles. The number of thioether (sulfide) groups is 1. The number of nitrogens with zero attached hydrogens (tertiary/aromatic N) is 2. The molecular formula is C15H23N3O2S. The monoisotopic (exact) mass is 309 g/mol. The quantitative estimate of drug-likeness (QED) is 0.926. The minimum Gasteiger partial charge on any atom is -0.497 e. The number of hydrogen-bond donors (Lipinski definition) is 1. The van der Waals surface area contributed by atoms with E-state index in [1.54, 1.807) is 7.11 Å². The number of urea groups is 1. The van der Waals surface area contributed by atoms with E-state index in [4.69, 9.17) is 4.74 Å². The van der Waals surface area contributed by atoms with Crippen LogP contribution in [-0.4, -0.2) is 67.7 Å². The molecule has 1 heterocycles. The van der Waals surface area contributed by atoms with Crippen molar-refractivity contribution in [2.45, 2.75) is 11.3 Å². The lowest BCUT2D eigenvalue weighted by Gasteiger charge is -2.23. The summed E-state index contributed by atoms with van der Waals surface area (Å²) in [6, 6.07) is 7.75. The second kappa shape index (κ2) is 7.04. The number of carbonyl (C=O) groups is 1. The summed E-state index contributed by atoms with van der Waals surface area (Å²) in [4.78, 5) is 16.4. The maximum Gasteiger partial charge on any atom is 0.321 e. The normalized spacial score (nSPS) is 21.7. The van der Waals surface area contributed by atoms with Crippen LogP contribution in [0.4, 0.5) is 10.5 Å². The molecule has 21 heavy (non-hydrogen) atoms. The third kappa shape index (κ3) is 3.83. The first-order chi connectivity index (χ1) is 10.0. The van der Waals surface area contributed by atoms with Gasteiger partial charge < -0.3 is 19.9 Å². The molecule has 2 rings (SSSR count). The molecule has 6 heteroatoms. The number of nitrogens with one attached hydrogen (secondary N) is 1. The third-order valence-electron chi connectivity index (χ3n) is 3.83. The molecule has 0 aliphatic carbocycles. The van der Waals surface area contributed by atoms with Gasteiger partial charge in [-0.25, -0.2) is 4.79 Å². The number of carbonyl (C=O) groups excluding carboxylic acids is 1. The van der Waals surface area contributed by atoms with Crippen LogP contribution in [0.5, 0.6) is 5.75 Å². The fourth-order valence-electron chi connectivity index (χ4n) is 2.53. The summed E-state index contributed by atoms with van der Waals surface area (Å²) in [6.45, 7) is 1.55. The molecule has 0 bridgehead atoms. The van der Waals surface area contributed by atoms with E-state index in [0.717, 1.165) is 24.5 Å². The van der Waals surface area contributed by atoms with Crippen LogP contribution in [-0.2, 0) is 0 Å². The van der Waals surface area contributed by atoms with Crippen molar-refractivity contribution >= 4 is 23.5 Å². The Hall–Kier alpha value is -1.40. The Labute approximate surface area is 130 Å². The standard InChI is InChI=1S/C15H23N3O2S/c1-17(2)13-9-18(10-14(13)21-4)15(19)16-11-5-7-12(20-3)8-6-11/h5-8,13-14H,9-10H2,1-4H3,(H,16,19)/t13-,14-/m1/s1. The maximum atomic E-state index is 12.4. The Kier molecular flexibility index (Phi) is 5.36. The average Bonchev–Trinajstić information content (AvgIpc) is 2.92. The summed E-state index contributed by atoms with van der Waals surface area (Å²) in [6.07, 6.45) is 2.10. The first-order valence-electron chi connectivity index (χ1n) is 6.94. The molecule has 0 unspecified atom stereocenters. The van der Waals surface area contributed by atoms with Gasteiger partial charge in [-0.2, -0.15) is 11.8 Å². The molecule has 1 saturated heterocycles. The second-order valence-corrected chi connectivity index (χ2v) is 6.45. The van der Waals surface area contributed by atoms with Crippen molar-refractivity contribution in [1.82, 2.24) is 9.80 Å². The topological polar surface area (TPSA) is 44.8 Å². The summed E-state index contributed by atoms with van der Waals surface area (Å²) in [7, 11) is 5.76. The predicted molar refractivity (Wildman–Crippen MR) is 88.4 cm³/mol. The zero-order chi connectivity index (χ0) is 15.4. The smallest absolute Gasteiger partial charge is 0.321 e. The number of methoxy groups -OCH3 is 1. The SMILES string of the molecule is COc1ccc(NC(=O)N2C[C@@H](N(C)C)[C@H](SC)C2)cc1. The van der Waals surface area contributed by atoms with Crippen LogP contribution < -0.4 is 10.1 Å². The number of hydrogen-bond acceptors (Lipinski definition) is 4. The van der Waals surface area contributed by atoms with Crippen molar-refractivity contribution < 1.29 is 9.53 Å². The number of rotatable bonds is 4. The van der Waals surface area contributed by atoms with E-state index >= 15 is 0 Å². The van der Waals surface area contributed by atoms with Gasteiger partial charge in [-0.15, -0.1) is 0 Å². The molecule has 5 nitrogen and oxygen atoms in total. The van der Waals surface area contributed by atoms with Gasteiger partial charge in [-0.3, -0.25) is 0 Å². The van der Waals surface area contributed by atoms with E-state index in [2.05, 4.69) is 30.6 Å². The van der Waals surface area contributed by atoms with Gasteiger partial charge in [0.15, 0.2) is 0 Å². The highest BCUT2D eigenvalue weighted by molar-refractivity contribution is 7.99. The average molecular weight is 309 g/mol. The van der Waals surface area contributed by atoms with Crippen molar-refractivity contribution in [3.05, 3.63) is 24.3 Å². The van der Waals surface area contributed by atoms with Crippen LogP contribution in [0.3, 0.4) is 0 Å². The van der Waals surface area contributed by atoms with Gasteiger partial charge >= 0.3 is 6.03 Å². The zero-order valence-corrected chi connectivity index (χ0v) is 13.8. The van der Waals surface area contributed by atoms with E-state index in [9.17, 15) is 4.79 Å². The molecule has 2 atom stereocenters. The molecule has 1 aliphatic heterocycles. The van der Waals surface area contributed by atoms with Gasteiger partial charge in [0.1, 0.15) is 5.75 Å². The number of ether oxygens (including phenoxy) is 1. The molecule has 1 fully saturated rings. The predicted octanol–water partition coefficient (Wildman–Crippen LogP) is 2.20. The lowest BCUT2D eigenvalue weighted by atomic mass is 10.2. The van der Waals surface area contributed by atoms with Gasteiger partial charge in [0.05, 0.1) is 7.11 Å². The van der Waals surface area contributed by atoms with Crippen molar-refractivity contribution in [3.8, 4) is 5.75 Å². The van der Waals surface area contributed by atoms with Gasteiger partial charge in [-0.1, -0.05) is 0 Å². The molecule has 1 aromatic carbocycles. The molecule has 1 N–H and O–H groups in total. The van der Waals surface area contributed by atoms with Crippen molar-refractivity contribution in [2.75, 3.05) is 45.9 Å². The van der Waals surface area contributed by atoms with Crippen molar-refractivity contribution in [1.29, 1.82) is 0 Å². The Morgan fingerprint density at radius 1 is 1.33 bits per heavy atom. The van der Waals surface area contributed by atoms with E-state index in [-0.39, 0.29) is 6.03 Å². The van der Waals surface area contributed by atoms with Gasteiger partial charge in [0.25, 0.3) is 0 Å². The van der Waals surface area contributed by atoms with Crippen LogP contribution in [0.25, 0.3) is 0 Å². The molecule has 1 aliphatic rings. The summed E-state index contributed by atoms with van der Waals surface area (Å²) in [5.41, 5.74) is 0.787. The Bertz CT molecular complexity index is 478. The minimum atomic E-state index is -0.0384. The summed E-state index contributed by atoms with van der Waals surface area (Å²) in [5, 5.41) is 3.40. The van der Waals surface area contributed by atoms with Crippen LogP contribution in [0.2, 0.25) is 0 Å². The Morgan fingerprint density at radius 2 is 2.00 bits per heavy atom. The second-order valence-electron chi connectivity index (χ2n) is 5.37. The van der Waals surface area contributed by atoms with Crippen LogP contribution >= 0.6 is 11.8 Å². The van der Waals surface area contributed by atoms with Crippen LogP contribution in [0.1, 0.15) is 0 Å². The van der Waals surface area contributed by atoms with Gasteiger partial charge in [0, 0.05) is 30.1 Å². The first-order valence-corrected chi connectivity index (χ1v) is 8.23. The Morgan fingerprint density at radius 3 is 2.48 bits per heavy atom. The fraction of sp³-hybridized carbons (Fsp3) is 0.533. The molecule has 0 spiro atoms. The number of likely N-dealkylation sites (tertiary alicyclic amines) is 1. The van der Waals surface area contributed by atoms with Gasteiger partial charge in [-0.05, 0) is 44.6 Å². The largest absolute Gasteiger partial charge is 0.497 e. The first kappa shape index (κ1) is 16.0. The minimum absolute atomic E-state index is 0.0384. The molecular weight excluding hydrogens is 286 g/mol. The summed E-state index contributed by atoms with van der Waals surface area (Å²) in [5.74, 6) is 0.782. The van der Waals surface area contributed by atoms with E-state index < -0.39 is 0 Å². The number of anilines is 1. The molecule has 116 valence electrons. The highest BCUT2D eigenvalue weighted by atomic mass is 32.2. The Balaban J connectivity index is 1.97. The maximum absolute atomic E-state index is 12.4. The fourth-order valence-corrected chi connectivity index (χ4v) is 3.50. The lowest BCUT2D eigenvalue weighted by Crippen LogP contribution is -2.38. The van der Waals surface area contributed by atoms with Crippen molar-refractivity contribution in [3.63, 3.8) is 0 Å². The highest BCUT2D eigenvalue weighted by Gasteiger charge is 2.35. The molecule has 1 aromatic rings. The van der Waals surface area contributed by atoms with E-state index in [1.807, 2.05) is 40.9 Å². The van der Waals surface area contributed by atoms with E-state index in [0.29, 0.717) is 11.3 Å². The number of amides is 2. The molecule has 0 radical (unpaired) electrons. The molecule has 0 aromatic heterocycles. The lowest BCUT2D eigenvalue weighted by molar-refractivity contribution is 0.216. The summed E-state index contributed by atoms with van der Waals surface area (Å²) >= 11 is 1.82. The summed E-state index contributed by atoms with van der Waals surface area (Å²) < 4.78 is 5.11. The zero-order valence-electron chi connectivity index (χ0n) is 13.0. The highest BCUT2D eigenvalue weighted by Crippen LogP contribution is 2.25. The van der Waals surface area contributed by atoms with Crippen LogP contribution in [0, 0.1) is 0 Å². The third-order valence-corrected chi connectivity index (χ3v) is 4.90. The number of likely N-dealkylation sites (N-methyl/N-ethyl adjacent to an activating group) is 1. The number of benzene rings is 1. The van der Waals surface area contributed by atoms with Crippen molar-refractivity contribution in [2.24, 2.45) is 0 Å². The molecule has 2 amide bonds. The van der Waals surface area contributed by atoms with E-state index in [1.165, 1.54) is 0 Å². The van der Waals surface area contributed by atoms with Crippen LogP contribution in [0.15, 0.2) is 24.3 Å².